The van der Waals surface area contributed by atoms with E-state index in [0.29, 0.717) is 0 Å². The molecule has 0 bridgehead atoms. The molecule has 0 saturated carbocycles. The molecule has 32 heavy (non-hydrogen) atoms. The average molecular weight is 466 g/mol. The van der Waals surface area contributed by atoms with Crippen molar-refractivity contribution in [2.75, 3.05) is 12.3 Å². The Hall–Kier alpha value is -2.64. The maximum Gasteiger partial charge on any atom is 0.403 e. The number of nitrogens with one attached hydrogen (secondary N) is 2. The molecule has 1 aliphatic rings. The highest BCUT2D eigenvalue weighted by molar-refractivity contribution is 7.50. The zero-order valence-electron chi connectivity index (χ0n) is 17.0. The van der Waals surface area contributed by atoms with Crippen molar-refractivity contribution in [2.45, 2.75) is 37.5 Å². The number of fused-ring (bicyclic) bond motifs is 1. The van der Waals surface area contributed by atoms with Crippen LogP contribution in [0, 0.1) is 0 Å². The molecule has 7 N–H and O–H groups in total. The molecule has 1 fully saturated rings. The maximum absolute atomic E-state index is 12.3. The largest absolute Gasteiger partial charge is 0.403 e. The smallest absolute Gasteiger partial charge is 0.387 e. The van der Waals surface area contributed by atoms with E-state index in [4.69, 9.17) is 15.0 Å². The Labute approximate surface area is 181 Å². The van der Waals surface area contributed by atoms with Crippen LogP contribution in [-0.2, 0) is 20.4 Å². The average Bonchev–Trinajstić information content (AvgIpc) is 3.25. The summed E-state index contributed by atoms with van der Waals surface area (Å²) in [4.78, 5) is 32.3. The molecule has 1 saturated heterocycles. The van der Waals surface area contributed by atoms with E-state index < -0.39 is 43.9 Å². The predicted octanol–water partition coefficient (Wildman–Crippen LogP) is -0.382. The van der Waals surface area contributed by atoms with Gasteiger partial charge in [-0.2, -0.15) is 4.98 Å². The van der Waals surface area contributed by atoms with Gasteiger partial charge in [-0.05, 0) is 12.5 Å². The number of nitrogen functional groups attached to an aromatic ring is 1. The number of ether oxygens (including phenoxy) is 1. The van der Waals surface area contributed by atoms with E-state index >= 15 is 0 Å². The molecule has 1 unspecified atom stereocenters. The Morgan fingerprint density at radius 3 is 2.84 bits per heavy atom. The van der Waals surface area contributed by atoms with E-state index in [1.165, 1.54) is 17.8 Å². The summed E-state index contributed by atoms with van der Waals surface area (Å²) in [6, 6.07) is 8.96. The quantitative estimate of drug-likeness (QED) is 0.248. The third-order valence-electron chi connectivity index (χ3n) is 5.20. The number of aromatic amines is 1. The van der Waals surface area contributed by atoms with Gasteiger partial charge in [-0.1, -0.05) is 30.3 Å². The van der Waals surface area contributed by atoms with Crippen LogP contribution in [0.1, 0.15) is 18.7 Å². The molecule has 172 valence electrons. The predicted molar refractivity (Wildman–Crippen MR) is 112 cm³/mol. The van der Waals surface area contributed by atoms with Gasteiger partial charge in [0, 0.05) is 6.54 Å². The SMILES string of the molecule is C[C@@]1(O)[C@H](O)[C@@H](COP(=O)(O)NCc2ccccc2)O[C@H]1n1cnc2c(=O)[nH]c(N)nc21. The van der Waals surface area contributed by atoms with Crippen LogP contribution in [0.2, 0.25) is 0 Å². The van der Waals surface area contributed by atoms with Gasteiger partial charge in [0.1, 0.15) is 17.8 Å². The number of anilines is 1. The van der Waals surface area contributed by atoms with Gasteiger partial charge >= 0.3 is 7.75 Å². The second-order valence-corrected chi connectivity index (χ2v) is 9.22. The molecule has 0 radical (unpaired) electrons. The molecule has 0 spiro atoms. The lowest BCUT2D eigenvalue weighted by molar-refractivity contribution is -0.0948. The molecule has 0 aliphatic carbocycles. The van der Waals surface area contributed by atoms with Crippen molar-refractivity contribution in [3.8, 4) is 0 Å². The van der Waals surface area contributed by atoms with Gasteiger partial charge in [-0.25, -0.2) is 14.6 Å². The summed E-state index contributed by atoms with van der Waals surface area (Å²) in [5.41, 5.74) is 3.95. The number of hydrogen-bond donors (Lipinski definition) is 6. The first-order chi connectivity index (χ1) is 15.1. The number of nitrogens with two attached hydrogens (primary N) is 1. The minimum Gasteiger partial charge on any atom is -0.387 e. The van der Waals surface area contributed by atoms with Crippen molar-refractivity contribution >= 4 is 24.9 Å². The second-order valence-electron chi connectivity index (χ2n) is 7.61. The van der Waals surface area contributed by atoms with Crippen molar-refractivity contribution in [3.63, 3.8) is 0 Å². The topological polar surface area (TPSA) is 198 Å². The van der Waals surface area contributed by atoms with Crippen LogP contribution in [-0.4, -0.2) is 59.0 Å². The Morgan fingerprint density at radius 2 is 2.12 bits per heavy atom. The van der Waals surface area contributed by atoms with Crippen molar-refractivity contribution in [3.05, 3.63) is 52.6 Å². The summed E-state index contributed by atoms with van der Waals surface area (Å²) in [5.74, 6) is -0.159. The van der Waals surface area contributed by atoms with Gasteiger partial charge in [0.2, 0.25) is 5.95 Å². The molecular formula is C18H23N6O7P. The molecule has 1 aromatic carbocycles. The Kier molecular flexibility index (Phi) is 5.90. The fraction of sp³-hybridized carbons (Fsp3) is 0.389. The summed E-state index contributed by atoms with van der Waals surface area (Å²) in [5, 5.41) is 23.9. The summed E-state index contributed by atoms with van der Waals surface area (Å²) >= 11 is 0. The van der Waals surface area contributed by atoms with Crippen LogP contribution in [0.15, 0.2) is 41.5 Å². The van der Waals surface area contributed by atoms with Crippen LogP contribution in [0.5, 0.6) is 0 Å². The summed E-state index contributed by atoms with van der Waals surface area (Å²) < 4.78 is 24.4. The van der Waals surface area contributed by atoms with Crippen LogP contribution in [0.4, 0.5) is 5.95 Å². The minimum absolute atomic E-state index is 0.0299. The second kappa shape index (κ2) is 8.37. The Balaban J connectivity index is 1.48. The van der Waals surface area contributed by atoms with Crippen molar-refractivity contribution in [2.24, 2.45) is 0 Å². The number of rotatable bonds is 7. The highest BCUT2D eigenvalue weighted by Crippen LogP contribution is 2.42. The molecule has 2 aromatic heterocycles. The van der Waals surface area contributed by atoms with E-state index in [-0.39, 0.29) is 23.7 Å². The zero-order chi connectivity index (χ0) is 23.1. The van der Waals surface area contributed by atoms with Gasteiger partial charge < -0.3 is 25.6 Å². The molecular weight excluding hydrogens is 443 g/mol. The van der Waals surface area contributed by atoms with Crippen molar-refractivity contribution < 1.29 is 28.9 Å². The molecule has 4 rings (SSSR count). The summed E-state index contributed by atoms with van der Waals surface area (Å²) in [6.45, 7) is 0.911. The van der Waals surface area contributed by atoms with Crippen LogP contribution < -0.4 is 16.4 Å². The minimum atomic E-state index is -4.23. The fourth-order valence-corrected chi connectivity index (χ4v) is 4.32. The highest BCUT2D eigenvalue weighted by Gasteiger charge is 2.54. The van der Waals surface area contributed by atoms with Crippen LogP contribution in [0.25, 0.3) is 11.2 Å². The lowest BCUT2D eigenvalue weighted by Crippen LogP contribution is -2.44. The fourth-order valence-electron chi connectivity index (χ4n) is 3.50. The Morgan fingerprint density at radius 1 is 1.41 bits per heavy atom. The molecule has 0 amide bonds. The first-order valence-corrected chi connectivity index (χ1v) is 11.2. The van der Waals surface area contributed by atoms with Crippen LogP contribution >= 0.6 is 7.75 Å². The number of hydrogen-bond acceptors (Lipinski definition) is 9. The van der Waals surface area contributed by atoms with Crippen molar-refractivity contribution in [1.29, 1.82) is 0 Å². The summed E-state index contributed by atoms with van der Waals surface area (Å²) in [7, 11) is -4.23. The normalized spacial score (nSPS) is 27.6. The standard InChI is InChI=1S/C18H23N6O7P/c1-18(27)13(25)11(8-30-32(28,29)21-7-10-5-3-2-4-6-10)31-16(18)24-9-20-12-14(24)22-17(19)23-15(12)26/h2-6,9,11,13,16,25,27H,7-8H2,1H3,(H2,21,28,29)(H3,19,22,23,26)/t11-,13-,16-,18-/m1/s1. The maximum atomic E-state index is 12.3. The lowest BCUT2D eigenvalue weighted by Gasteiger charge is -2.27. The van der Waals surface area contributed by atoms with E-state index in [1.807, 2.05) is 6.07 Å². The van der Waals surface area contributed by atoms with Gasteiger partial charge in [0.05, 0.1) is 12.9 Å². The van der Waals surface area contributed by atoms with Gasteiger partial charge in [0.15, 0.2) is 17.4 Å². The number of H-pyrrole nitrogens is 1. The van der Waals surface area contributed by atoms with Gasteiger partial charge in [-0.15, -0.1) is 0 Å². The van der Waals surface area contributed by atoms with Crippen molar-refractivity contribution in [1.82, 2.24) is 24.6 Å². The lowest BCUT2D eigenvalue weighted by atomic mass is 9.96. The van der Waals surface area contributed by atoms with Gasteiger partial charge in [-0.3, -0.25) is 18.9 Å². The van der Waals surface area contributed by atoms with Crippen LogP contribution in [0.3, 0.4) is 0 Å². The first-order valence-electron chi connectivity index (χ1n) is 9.63. The Bertz CT molecular complexity index is 1210. The molecule has 1 aliphatic heterocycles. The first kappa shape index (κ1) is 22.6. The van der Waals surface area contributed by atoms with E-state index in [9.17, 15) is 24.5 Å². The number of benzene rings is 1. The summed E-state index contributed by atoms with van der Waals surface area (Å²) in [6.07, 6.45) is -2.65. The monoisotopic (exact) mass is 466 g/mol. The number of nitrogens with zero attached hydrogens (tertiary/aromatic N) is 3. The molecule has 14 heteroatoms. The molecule has 13 nitrogen and oxygen atoms in total. The number of aromatic nitrogens is 4. The van der Waals surface area contributed by atoms with Gasteiger partial charge in [0.25, 0.3) is 5.56 Å². The number of aliphatic hydroxyl groups excluding tert-OH is 1. The zero-order valence-corrected chi connectivity index (χ0v) is 17.8. The number of imidazole rings is 1. The third-order valence-corrected chi connectivity index (χ3v) is 6.25. The van der Waals surface area contributed by atoms with E-state index in [2.05, 4.69) is 20.0 Å². The molecule has 3 heterocycles. The number of aliphatic hydroxyl groups is 2. The third kappa shape index (κ3) is 4.32. The molecule has 5 atom stereocenters. The van der Waals surface area contributed by atoms with E-state index in [0.717, 1.165) is 5.56 Å². The molecule has 3 aromatic rings. The highest BCUT2D eigenvalue weighted by atomic mass is 31.2. The van der Waals surface area contributed by atoms with E-state index in [1.54, 1.807) is 24.3 Å².